The molecule has 1 atom stereocenters. The summed E-state index contributed by atoms with van der Waals surface area (Å²) in [5.41, 5.74) is 2.81. The fourth-order valence-corrected chi connectivity index (χ4v) is 5.84. The summed E-state index contributed by atoms with van der Waals surface area (Å²) in [4.78, 5) is 31.0. The Labute approximate surface area is 203 Å². The third kappa shape index (κ3) is 4.17. The van der Waals surface area contributed by atoms with Crippen LogP contribution in [0.15, 0.2) is 90.0 Å². The maximum atomic E-state index is 13.7. The summed E-state index contributed by atoms with van der Waals surface area (Å²) >= 11 is 0. The minimum absolute atomic E-state index is 0.0331. The lowest BCUT2D eigenvalue weighted by atomic mass is 9.93. The molecule has 3 aromatic carbocycles. The predicted molar refractivity (Wildman–Crippen MR) is 134 cm³/mol. The number of carbonyl (C=O) groups is 2. The van der Waals surface area contributed by atoms with Gasteiger partial charge in [-0.2, -0.15) is 0 Å². The van der Waals surface area contributed by atoms with Crippen molar-refractivity contribution in [1.82, 2.24) is 9.88 Å². The molecule has 2 heterocycles. The van der Waals surface area contributed by atoms with Crippen molar-refractivity contribution >= 4 is 38.4 Å². The van der Waals surface area contributed by atoms with Crippen LogP contribution in [-0.4, -0.2) is 36.7 Å². The molecule has 1 N–H and O–H groups in total. The molecule has 1 aromatic heterocycles. The van der Waals surface area contributed by atoms with Crippen molar-refractivity contribution in [2.24, 2.45) is 0 Å². The summed E-state index contributed by atoms with van der Waals surface area (Å²) in [6.07, 6.45) is 1.53. The lowest BCUT2D eigenvalue weighted by Gasteiger charge is -2.18. The van der Waals surface area contributed by atoms with Gasteiger partial charge in [0.25, 0.3) is 10.0 Å². The van der Waals surface area contributed by atoms with E-state index in [2.05, 4.69) is 9.71 Å². The van der Waals surface area contributed by atoms with Gasteiger partial charge in [0.15, 0.2) is 0 Å². The number of likely N-dealkylation sites (tertiary alicyclic amines) is 1. The number of para-hydroxylation sites is 1. The van der Waals surface area contributed by atoms with Crippen LogP contribution < -0.4 is 4.72 Å². The molecule has 1 aliphatic heterocycles. The van der Waals surface area contributed by atoms with Crippen LogP contribution in [0.1, 0.15) is 24.8 Å². The van der Waals surface area contributed by atoms with Crippen LogP contribution in [0.4, 0.5) is 5.69 Å². The van der Waals surface area contributed by atoms with E-state index in [-0.39, 0.29) is 29.7 Å². The fourth-order valence-electron chi connectivity index (χ4n) is 4.52. The summed E-state index contributed by atoms with van der Waals surface area (Å²) < 4.78 is 30.0. The van der Waals surface area contributed by atoms with Gasteiger partial charge in [-0.05, 0) is 47.9 Å². The van der Waals surface area contributed by atoms with Gasteiger partial charge < -0.3 is 0 Å². The number of imide groups is 1. The minimum Gasteiger partial charge on any atom is -0.282 e. The molecular formula is C27H23N3O4S. The molecule has 1 saturated heterocycles. The SMILES string of the molecule is CCN1C(=O)CC(c2cc(-c3ccccc3)ccc2S(=O)(=O)Nc2cccc3cccnc23)C1=O. The van der Waals surface area contributed by atoms with Crippen molar-refractivity contribution in [3.63, 3.8) is 0 Å². The van der Waals surface area contributed by atoms with Crippen LogP contribution in [0.2, 0.25) is 0 Å². The Morgan fingerprint density at radius 1 is 0.943 bits per heavy atom. The molecule has 176 valence electrons. The second-order valence-corrected chi connectivity index (χ2v) is 9.99. The van der Waals surface area contributed by atoms with Crippen molar-refractivity contribution in [3.8, 4) is 11.1 Å². The number of sulfonamides is 1. The van der Waals surface area contributed by atoms with Crippen LogP contribution in [0.5, 0.6) is 0 Å². The maximum Gasteiger partial charge on any atom is 0.262 e. The maximum absolute atomic E-state index is 13.7. The van der Waals surface area contributed by atoms with Gasteiger partial charge in [-0.25, -0.2) is 8.42 Å². The zero-order valence-electron chi connectivity index (χ0n) is 19.0. The van der Waals surface area contributed by atoms with Gasteiger partial charge in [0.2, 0.25) is 11.8 Å². The van der Waals surface area contributed by atoms with Crippen LogP contribution >= 0.6 is 0 Å². The second-order valence-electron chi connectivity index (χ2n) is 8.34. The smallest absolute Gasteiger partial charge is 0.262 e. The molecule has 8 heteroatoms. The molecule has 35 heavy (non-hydrogen) atoms. The van der Waals surface area contributed by atoms with Gasteiger partial charge in [-0.3, -0.25) is 24.2 Å². The molecule has 0 bridgehead atoms. The molecule has 0 saturated carbocycles. The van der Waals surface area contributed by atoms with E-state index in [1.165, 1.54) is 11.0 Å². The number of likely N-dealkylation sites (N-methyl/N-ethyl adjacent to an activating group) is 1. The Hall–Kier alpha value is -4.04. The number of amides is 2. The van der Waals surface area contributed by atoms with E-state index in [0.717, 1.165) is 16.5 Å². The Morgan fingerprint density at radius 2 is 1.71 bits per heavy atom. The van der Waals surface area contributed by atoms with Gasteiger partial charge in [-0.1, -0.05) is 54.6 Å². The molecule has 2 amide bonds. The van der Waals surface area contributed by atoms with E-state index in [1.54, 1.807) is 43.5 Å². The molecule has 1 aliphatic rings. The third-order valence-corrected chi connectivity index (χ3v) is 7.66. The number of anilines is 1. The van der Waals surface area contributed by atoms with E-state index in [0.29, 0.717) is 16.8 Å². The highest BCUT2D eigenvalue weighted by Crippen LogP contribution is 2.37. The predicted octanol–water partition coefficient (Wildman–Crippen LogP) is 4.57. The molecule has 0 radical (unpaired) electrons. The standard InChI is InChI=1S/C27H23N3O4S/c1-2-30-25(31)17-22(27(30)32)21-16-20(18-8-4-3-5-9-18)13-14-24(21)35(33,34)29-23-12-6-10-19-11-7-15-28-26(19)23/h3-16,22,29H,2,17H2,1H3. The molecule has 4 aromatic rings. The Balaban J connectivity index is 1.63. The summed E-state index contributed by atoms with van der Waals surface area (Å²) in [6, 6.07) is 23.3. The van der Waals surface area contributed by atoms with Gasteiger partial charge in [-0.15, -0.1) is 0 Å². The molecule has 5 rings (SSSR count). The quantitative estimate of drug-likeness (QED) is 0.404. The van der Waals surface area contributed by atoms with Crippen LogP contribution in [0, 0.1) is 0 Å². The molecule has 1 unspecified atom stereocenters. The first-order chi connectivity index (χ1) is 16.9. The number of hydrogen-bond donors (Lipinski definition) is 1. The average Bonchev–Trinajstić information content (AvgIpc) is 3.17. The first-order valence-corrected chi connectivity index (χ1v) is 12.8. The minimum atomic E-state index is -4.11. The van der Waals surface area contributed by atoms with E-state index >= 15 is 0 Å². The molecular weight excluding hydrogens is 462 g/mol. The van der Waals surface area contributed by atoms with Crippen LogP contribution in [0.25, 0.3) is 22.0 Å². The number of hydrogen-bond acceptors (Lipinski definition) is 5. The number of aromatic nitrogens is 1. The third-order valence-electron chi connectivity index (χ3n) is 6.22. The first-order valence-electron chi connectivity index (χ1n) is 11.3. The summed E-state index contributed by atoms with van der Waals surface area (Å²) in [5.74, 6) is -1.56. The van der Waals surface area contributed by atoms with Crippen LogP contribution in [0.3, 0.4) is 0 Å². The van der Waals surface area contributed by atoms with E-state index in [1.807, 2.05) is 42.5 Å². The summed E-state index contributed by atoms with van der Waals surface area (Å²) in [7, 11) is -4.11. The van der Waals surface area contributed by atoms with Crippen molar-refractivity contribution in [3.05, 3.63) is 90.6 Å². The van der Waals surface area contributed by atoms with Gasteiger partial charge in [0, 0.05) is 24.5 Å². The number of carbonyl (C=O) groups excluding carboxylic acids is 2. The number of nitrogens with one attached hydrogen (secondary N) is 1. The lowest BCUT2D eigenvalue weighted by Crippen LogP contribution is -2.30. The van der Waals surface area contributed by atoms with Gasteiger partial charge in [0.1, 0.15) is 0 Å². The monoisotopic (exact) mass is 485 g/mol. The van der Waals surface area contributed by atoms with E-state index in [9.17, 15) is 18.0 Å². The number of benzene rings is 3. The normalized spacial score (nSPS) is 16.1. The molecule has 7 nitrogen and oxygen atoms in total. The number of fused-ring (bicyclic) bond motifs is 1. The topological polar surface area (TPSA) is 96.4 Å². The Bertz CT molecular complexity index is 1550. The Morgan fingerprint density at radius 3 is 2.46 bits per heavy atom. The summed E-state index contributed by atoms with van der Waals surface area (Å²) in [5, 5.41) is 0.794. The molecule has 0 aliphatic carbocycles. The molecule has 0 spiro atoms. The first kappa shape index (κ1) is 22.7. The van der Waals surface area contributed by atoms with Crippen molar-refractivity contribution in [1.29, 1.82) is 0 Å². The van der Waals surface area contributed by atoms with Crippen molar-refractivity contribution in [2.75, 3.05) is 11.3 Å². The van der Waals surface area contributed by atoms with E-state index in [4.69, 9.17) is 0 Å². The zero-order valence-corrected chi connectivity index (χ0v) is 19.8. The van der Waals surface area contributed by atoms with Gasteiger partial charge >= 0.3 is 0 Å². The number of rotatable bonds is 6. The second kappa shape index (κ2) is 8.96. The number of pyridine rings is 1. The molecule has 1 fully saturated rings. The van der Waals surface area contributed by atoms with Crippen LogP contribution in [-0.2, 0) is 19.6 Å². The lowest BCUT2D eigenvalue weighted by molar-refractivity contribution is -0.138. The highest BCUT2D eigenvalue weighted by molar-refractivity contribution is 7.92. The summed E-state index contributed by atoms with van der Waals surface area (Å²) in [6.45, 7) is 1.97. The van der Waals surface area contributed by atoms with Crippen molar-refractivity contribution in [2.45, 2.75) is 24.2 Å². The van der Waals surface area contributed by atoms with E-state index < -0.39 is 15.9 Å². The zero-order chi connectivity index (χ0) is 24.6. The highest BCUT2D eigenvalue weighted by Gasteiger charge is 2.41. The van der Waals surface area contributed by atoms with Gasteiger partial charge in [0.05, 0.1) is 22.0 Å². The fraction of sp³-hybridized carbons (Fsp3) is 0.148. The highest BCUT2D eigenvalue weighted by atomic mass is 32.2. The Kier molecular flexibility index (Phi) is 5.82. The van der Waals surface area contributed by atoms with Crippen molar-refractivity contribution < 1.29 is 18.0 Å². The number of nitrogens with zero attached hydrogens (tertiary/aromatic N) is 2. The largest absolute Gasteiger partial charge is 0.282 e. The average molecular weight is 486 g/mol.